The average molecular weight is 560 g/mol. The van der Waals surface area contributed by atoms with Crippen LogP contribution in [0.5, 0.6) is 0 Å². The van der Waals surface area contributed by atoms with Gasteiger partial charge in [-0.1, -0.05) is 24.3 Å². The Hall–Kier alpha value is -2.28. The van der Waals surface area contributed by atoms with Gasteiger partial charge in [0.15, 0.2) is 5.60 Å². The quantitative estimate of drug-likeness (QED) is 0.504. The number of halogens is 3. The summed E-state index contributed by atoms with van der Waals surface area (Å²) >= 11 is 4.30. The van der Waals surface area contributed by atoms with E-state index in [1.165, 1.54) is 41.6 Å². The number of hydrogen-bond acceptors (Lipinski definition) is 6. The van der Waals surface area contributed by atoms with Gasteiger partial charge < -0.3 is 14.9 Å². The molecule has 2 aromatic rings. The maximum Gasteiger partial charge on any atom is 0.421 e. The minimum Gasteiger partial charge on any atom is -0.376 e. The fraction of sp³-hybridized carbons (Fsp3) is 0.480. The van der Waals surface area contributed by atoms with Gasteiger partial charge in [0.2, 0.25) is 15.9 Å². The Bertz CT molecular complexity index is 1220. The number of alkyl halides is 3. The maximum absolute atomic E-state index is 13.4. The summed E-state index contributed by atoms with van der Waals surface area (Å²) in [5.74, 6) is -0.174. The maximum atomic E-state index is 13.4. The molecule has 1 amide bonds. The molecule has 1 fully saturated rings. The zero-order valence-electron chi connectivity index (χ0n) is 21.1. The molecule has 0 aliphatic carbocycles. The Labute approximate surface area is 221 Å². The number of thiol groups is 1. The minimum absolute atomic E-state index is 0.0585. The summed E-state index contributed by atoms with van der Waals surface area (Å²) in [6.07, 6.45) is -4.85. The number of amides is 1. The van der Waals surface area contributed by atoms with Crippen molar-refractivity contribution in [3.63, 3.8) is 0 Å². The third kappa shape index (κ3) is 6.08. The van der Waals surface area contributed by atoms with Gasteiger partial charge in [-0.05, 0) is 50.6 Å². The first-order valence-electron chi connectivity index (χ1n) is 11.8. The van der Waals surface area contributed by atoms with Crippen molar-refractivity contribution in [1.82, 2.24) is 9.21 Å². The largest absolute Gasteiger partial charge is 0.421 e. The molecule has 0 spiro atoms. The molecule has 0 radical (unpaired) electrons. The van der Waals surface area contributed by atoms with Crippen LogP contribution in [0, 0.1) is 0 Å². The molecule has 0 unspecified atom stereocenters. The molecule has 0 aromatic heterocycles. The first-order valence-corrected chi connectivity index (χ1v) is 13.7. The van der Waals surface area contributed by atoms with Gasteiger partial charge >= 0.3 is 6.18 Å². The molecule has 1 aliphatic rings. The predicted octanol–water partition coefficient (Wildman–Crippen LogP) is 3.88. The van der Waals surface area contributed by atoms with Gasteiger partial charge in [-0.25, -0.2) is 8.42 Å². The summed E-state index contributed by atoms with van der Waals surface area (Å²) in [7, 11) is -3.88. The van der Waals surface area contributed by atoms with Crippen LogP contribution in [0.25, 0.3) is 0 Å². The SMILES string of the molecule is CC(=O)N(C[C@H]1CN(S(=O)(=O)c2ccccc2S)CCN1c1ccc([C@](C)(O)C(F)(F)F)cc1)C(C)C. The van der Waals surface area contributed by atoms with E-state index >= 15 is 0 Å². The van der Waals surface area contributed by atoms with E-state index in [1.807, 2.05) is 18.7 Å². The highest BCUT2D eigenvalue weighted by Gasteiger charge is 2.51. The first-order chi connectivity index (χ1) is 17.1. The molecule has 1 saturated heterocycles. The Morgan fingerprint density at radius 3 is 2.24 bits per heavy atom. The highest BCUT2D eigenvalue weighted by atomic mass is 32.2. The minimum atomic E-state index is -4.85. The third-order valence-electron chi connectivity index (χ3n) is 6.68. The van der Waals surface area contributed by atoms with E-state index in [2.05, 4.69) is 12.6 Å². The third-order valence-corrected chi connectivity index (χ3v) is 9.14. The van der Waals surface area contributed by atoms with Crippen LogP contribution in [0.15, 0.2) is 58.3 Å². The van der Waals surface area contributed by atoms with Crippen LogP contribution in [0.4, 0.5) is 18.9 Å². The fourth-order valence-corrected chi connectivity index (χ4v) is 6.48. The van der Waals surface area contributed by atoms with Crippen molar-refractivity contribution >= 4 is 34.2 Å². The standard InChI is InChI=1S/C25H32F3N3O4S2/c1-17(2)31(18(3)32)16-21-15-29(37(34,35)23-8-6-5-7-22(23)36)13-14-30(21)20-11-9-19(10-12-20)24(4,33)25(26,27)28/h5-12,17,21,33,36H,13-16H2,1-4H3/t21-,24+/m1/s1. The molecule has 204 valence electrons. The number of anilines is 1. The Morgan fingerprint density at radius 2 is 1.73 bits per heavy atom. The second-order valence-corrected chi connectivity index (χ2v) is 11.9. The molecular formula is C25H32F3N3O4S2. The van der Waals surface area contributed by atoms with Crippen molar-refractivity contribution in [3.05, 3.63) is 54.1 Å². The number of sulfonamides is 1. The lowest BCUT2D eigenvalue weighted by molar-refractivity contribution is -0.258. The van der Waals surface area contributed by atoms with Crippen LogP contribution >= 0.6 is 12.6 Å². The molecule has 7 nitrogen and oxygen atoms in total. The molecule has 0 saturated carbocycles. The molecular weight excluding hydrogens is 527 g/mol. The summed E-state index contributed by atoms with van der Waals surface area (Å²) in [6.45, 7) is 6.49. The average Bonchev–Trinajstić information content (AvgIpc) is 2.81. The fourth-order valence-electron chi connectivity index (χ4n) is 4.43. The van der Waals surface area contributed by atoms with Gasteiger partial charge in [-0.3, -0.25) is 4.79 Å². The lowest BCUT2D eigenvalue weighted by Gasteiger charge is -2.44. The van der Waals surface area contributed by atoms with Crippen LogP contribution in [0.2, 0.25) is 0 Å². The van der Waals surface area contributed by atoms with Gasteiger partial charge in [0.1, 0.15) is 0 Å². The van der Waals surface area contributed by atoms with Crippen LogP contribution in [-0.2, 0) is 20.4 Å². The van der Waals surface area contributed by atoms with E-state index in [1.54, 1.807) is 23.1 Å². The Kier molecular flexibility index (Phi) is 8.57. The van der Waals surface area contributed by atoms with Crippen LogP contribution in [0.1, 0.15) is 33.3 Å². The number of piperazine rings is 1. The van der Waals surface area contributed by atoms with Crippen molar-refractivity contribution in [3.8, 4) is 0 Å². The number of carbonyl (C=O) groups is 1. The topological polar surface area (TPSA) is 81.2 Å². The van der Waals surface area contributed by atoms with Crippen LogP contribution < -0.4 is 4.90 Å². The zero-order valence-corrected chi connectivity index (χ0v) is 22.8. The zero-order chi connectivity index (χ0) is 27.8. The molecule has 2 atom stereocenters. The van der Waals surface area contributed by atoms with E-state index in [0.717, 1.165) is 0 Å². The Balaban J connectivity index is 1.96. The van der Waals surface area contributed by atoms with E-state index < -0.39 is 27.8 Å². The summed E-state index contributed by atoms with van der Waals surface area (Å²) in [6, 6.07) is 11.1. The number of nitrogens with zero attached hydrogens (tertiary/aromatic N) is 3. The molecule has 3 rings (SSSR count). The van der Waals surface area contributed by atoms with E-state index in [0.29, 0.717) is 17.5 Å². The van der Waals surface area contributed by atoms with Gasteiger partial charge in [0, 0.05) is 49.7 Å². The summed E-state index contributed by atoms with van der Waals surface area (Å²) in [4.78, 5) is 16.2. The lowest BCUT2D eigenvalue weighted by atomic mass is 9.95. The lowest BCUT2D eigenvalue weighted by Crippen LogP contribution is -2.59. The van der Waals surface area contributed by atoms with Gasteiger partial charge in [0.05, 0.1) is 10.9 Å². The Morgan fingerprint density at radius 1 is 1.14 bits per heavy atom. The number of rotatable bonds is 7. The molecule has 0 bridgehead atoms. The molecule has 1 N–H and O–H groups in total. The van der Waals surface area contributed by atoms with Crippen molar-refractivity contribution in [2.45, 2.75) is 61.3 Å². The van der Waals surface area contributed by atoms with Gasteiger partial charge in [-0.15, -0.1) is 12.6 Å². The second kappa shape index (κ2) is 10.8. The number of aliphatic hydroxyl groups is 1. The van der Waals surface area contributed by atoms with E-state index in [4.69, 9.17) is 0 Å². The van der Waals surface area contributed by atoms with Gasteiger partial charge in [0.25, 0.3) is 0 Å². The molecule has 1 aliphatic heterocycles. The van der Waals surface area contributed by atoms with E-state index in [-0.39, 0.29) is 48.6 Å². The number of hydrogen-bond donors (Lipinski definition) is 2. The van der Waals surface area contributed by atoms with Gasteiger partial charge in [-0.2, -0.15) is 17.5 Å². The van der Waals surface area contributed by atoms with Crippen molar-refractivity contribution in [1.29, 1.82) is 0 Å². The van der Waals surface area contributed by atoms with Crippen molar-refractivity contribution in [2.75, 3.05) is 31.1 Å². The summed E-state index contributed by atoms with van der Waals surface area (Å²) in [5, 5.41) is 10.0. The van der Waals surface area contributed by atoms with Crippen LogP contribution in [0.3, 0.4) is 0 Å². The number of carbonyl (C=O) groups excluding carboxylic acids is 1. The molecule has 2 aromatic carbocycles. The second-order valence-electron chi connectivity index (χ2n) is 9.56. The predicted molar refractivity (Wildman–Crippen MR) is 138 cm³/mol. The first kappa shape index (κ1) is 29.3. The number of benzene rings is 2. The van der Waals surface area contributed by atoms with Crippen molar-refractivity contribution in [2.24, 2.45) is 0 Å². The highest BCUT2D eigenvalue weighted by Crippen LogP contribution is 2.39. The summed E-state index contributed by atoms with van der Waals surface area (Å²) < 4.78 is 68.1. The highest BCUT2D eigenvalue weighted by molar-refractivity contribution is 7.90. The summed E-state index contributed by atoms with van der Waals surface area (Å²) in [5.41, 5.74) is -2.76. The van der Waals surface area contributed by atoms with Crippen molar-refractivity contribution < 1.29 is 31.5 Å². The monoisotopic (exact) mass is 559 g/mol. The smallest absolute Gasteiger partial charge is 0.376 e. The normalized spacial score (nSPS) is 19.1. The van der Waals surface area contributed by atoms with Crippen LogP contribution in [-0.4, -0.2) is 73.1 Å². The van der Waals surface area contributed by atoms with E-state index in [9.17, 15) is 31.5 Å². The molecule has 37 heavy (non-hydrogen) atoms. The molecule has 1 heterocycles. The molecule has 12 heteroatoms.